The highest BCUT2D eigenvalue weighted by atomic mass is 16.3. The zero-order chi connectivity index (χ0) is 37.0. The van der Waals surface area contributed by atoms with Gasteiger partial charge in [0.2, 0.25) is 0 Å². The smallest absolute Gasteiger partial charge is 0.136 e. The summed E-state index contributed by atoms with van der Waals surface area (Å²) in [5.41, 5.74) is 12.2. The van der Waals surface area contributed by atoms with Gasteiger partial charge in [-0.05, 0) is 97.7 Å². The lowest BCUT2D eigenvalue weighted by Crippen LogP contribution is -2.12. The molecule has 0 spiro atoms. The monoisotopic (exact) mass is 713 g/mol. The van der Waals surface area contributed by atoms with Crippen LogP contribution < -0.4 is 4.90 Å². The van der Waals surface area contributed by atoms with E-state index in [0.29, 0.717) is 0 Å². The van der Waals surface area contributed by atoms with Crippen molar-refractivity contribution in [1.29, 1.82) is 0 Å². The average molecular weight is 714 g/mol. The van der Waals surface area contributed by atoms with Crippen molar-refractivity contribution < 1.29 is 4.42 Å². The Labute approximate surface area is 325 Å². The molecule has 0 saturated carbocycles. The number of hydrogen-bond acceptors (Lipinski definition) is 2. The summed E-state index contributed by atoms with van der Waals surface area (Å²) < 4.78 is 6.41. The summed E-state index contributed by atoms with van der Waals surface area (Å²) >= 11 is 0. The Balaban J connectivity index is 1.16. The van der Waals surface area contributed by atoms with E-state index in [-0.39, 0.29) is 0 Å². The number of anilines is 3. The third-order valence-corrected chi connectivity index (χ3v) is 11.3. The Hall–Kier alpha value is -7.42. The summed E-state index contributed by atoms with van der Waals surface area (Å²) in [5, 5.41) is 9.71. The zero-order valence-electron chi connectivity index (χ0n) is 30.6. The first-order valence-corrected chi connectivity index (χ1v) is 19.2. The highest BCUT2D eigenvalue weighted by molar-refractivity contribution is 6.34. The van der Waals surface area contributed by atoms with E-state index in [1.165, 1.54) is 60.0 Å². The van der Waals surface area contributed by atoms with Gasteiger partial charge in [-0.1, -0.05) is 164 Å². The number of benzene rings is 10. The van der Waals surface area contributed by atoms with Crippen LogP contribution in [0.5, 0.6) is 0 Å². The molecule has 56 heavy (non-hydrogen) atoms. The Morgan fingerprint density at radius 3 is 1.52 bits per heavy atom. The number of rotatable bonds is 6. The lowest BCUT2D eigenvalue weighted by Gasteiger charge is -2.30. The molecule has 0 unspecified atom stereocenters. The van der Waals surface area contributed by atoms with Crippen LogP contribution in [0.25, 0.3) is 87.6 Å². The molecule has 0 radical (unpaired) electrons. The highest BCUT2D eigenvalue weighted by Gasteiger charge is 2.22. The second kappa shape index (κ2) is 13.2. The first-order valence-electron chi connectivity index (χ1n) is 19.2. The number of furan rings is 1. The maximum absolute atomic E-state index is 6.41. The van der Waals surface area contributed by atoms with Crippen LogP contribution >= 0.6 is 0 Å². The predicted molar refractivity (Wildman–Crippen MR) is 237 cm³/mol. The zero-order valence-corrected chi connectivity index (χ0v) is 30.6. The predicted octanol–water partition coefficient (Wildman–Crippen LogP) is 15.5. The molecule has 2 nitrogen and oxygen atoms in total. The number of hydrogen-bond donors (Lipinski definition) is 0. The first kappa shape index (κ1) is 32.0. The van der Waals surface area contributed by atoms with E-state index in [0.717, 1.165) is 44.7 Å². The van der Waals surface area contributed by atoms with E-state index in [2.05, 4.69) is 211 Å². The Kier molecular flexibility index (Phi) is 7.53. The van der Waals surface area contributed by atoms with Crippen LogP contribution in [-0.4, -0.2) is 0 Å². The van der Waals surface area contributed by atoms with Crippen LogP contribution in [0.1, 0.15) is 0 Å². The van der Waals surface area contributed by atoms with Crippen molar-refractivity contribution >= 4 is 71.3 Å². The molecular weight excluding hydrogens is 679 g/mol. The van der Waals surface area contributed by atoms with Gasteiger partial charge in [0.05, 0.1) is 11.4 Å². The summed E-state index contributed by atoms with van der Waals surface area (Å²) in [4.78, 5) is 2.43. The Morgan fingerprint density at radius 1 is 0.286 bits per heavy atom. The molecule has 0 fully saturated rings. The van der Waals surface area contributed by atoms with Crippen molar-refractivity contribution in [2.45, 2.75) is 0 Å². The molecule has 2 heteroatoms. The standard InChI is InChI=1S/C54H35NO/c1-3-15-36(16-4-1)37-27-30-40(31-28-37)55(49-24-12-9-19-41(49)38-17-5-2-6-18-38)50-25-13-10-20-42(50)39-29-32-44-43-21-7-8-22-45(43)53-46(48(44)35-39)33-34-52-54(53)47-23-11-14-26-51(47)56-52/h1-35H. The molecule has 0 bridgehead atoms. The lowest BCUT2D eigenvalue weighted by atomic mass is 9.89. The van der Waals surface area contributed by atoms with Crippen molar-refractivity contribution in [3.63, 3.8) is 0 Å². The van der Waals surface area contributed by atoms with Crippen molar-refractivity contribution in [2.75, 3.05) is 4.90 Å². The van der Waals surface area contributed by atoms with E-state index in [1.807, 2.05) is 6.07 Å². The fraction of sp³-hybridized carbons (Fsp3) is 0. The summed E-state index contributed by atoms with van der Waals surface area (Å²) in [5.74, 6) is 0. The van der Waals surface area contributed by atoms with Crippen LogP contribution in [-0.2, 0) is 0 Å². The van der Waals surface area contributed by atoms with Crippen molar-refractivity contribution in [3.05, 3.63) is 212 Å². The van der Waals surface area contributed by atoms with E-state index < -0.39 is 0 Å². The summed E-state index contributed by atoms with van der Waals surface area (Å²) in [6.45, 7) is 0. The normalized spacial score (nSPS) is 11.6. The van der Waals surface area contributed by atoms with Gasteiger partial charge in [0.15, 0.2) is 0 Å². The van der Waals surface area contributed by atoms with Crippen LogP contribution in [0.2, 0.25) is 0 Å². The fourth-order valence-corrected chi connectivity index (χ4v) is 8.71. The second-order valence-corrected chi connectivity index (χ2v) is 14.4. The molecule has 10 aromatic carbocycles. The van der Waals surface area contributed by atoms with Crippen LogP contribution in [0.15, 0.2) is 217 Å². The van der Waals surface area contributed by atoms with E-state index in [9.17, 15) is 0 Å². The molecule has 0 atom stereocenters. The average Bonchev–Trinajstić information content (AvgIpc) is 3.66. The second-order valence-electron chi connectivity index (χ2n) is 14.4. The van der Waals surface area contributed by atoms with E-state index in [4.69, 9.17) is 4.42 Å². The molecule has 0 aliphatic heterocycles. The van der Waals surface area contributed by atoms with E-state index in [1.54, 1.807) is 0 Å². The van der Waals surface area contributed by atoms with Crippen LogP contribution in [0, 0.1) is 0 Å². The molecule has 0 aliphatic carbocycles. The summed E-state index contributed by atoms with van der Waals surface area (Å²) in [6.07, 6.45) is 0. The molecule has 11 rings (SSSR count). The minimum Gasteiger partial charge on any atom is -0.456 e. The van der Waals surface area contributed by atoms with Gasteiger partial charge in [-0.2, -0.15) is 0 Å². The number of para-hydroxylation sites is 3. The molecule has 0 saturated heterocycles. The molecule has 11 aromatic rings. The Bertz CT molecular complexity index is 3230. The van der Waals surface area contributed by atoms with Gasteiger partial charge in [0.25, 0.3) is 0 Å². The number of fused-ring (bicyclic) bond motifs is 10. The SMILES string of the molecule is c1ccc(-c2ccc(N(c3ccccc3-c3ccccc3)c3ccccc3-c3ccc4c5ccccc5c5c(ccc6oc7ccccc7c65)c4c3)cc2)cc1. The third-order valence-electron chi connectivity index (χ3n) is 11.3. The van der Waals surface area contributed by atoms with Gasteiger partial charge >= 0.3 is 0 Å². The van der Waals surface area contributed by atoms with Gasteiger partial charge in [-0.25, -0.2) is 0 Å². The molecular formula is C54H35NO. The first-order chi connectivity index (χ1) is 27.8. The third kappa shape index (κ3) is 5.19. The van der Waals surface area contributed by atoms with Crippen LogP contribution in [0.3, 0.4) is 0 Å². The largest absolute Gasteiger partial charge is 0.456 e. The van der Waals surface area contributed by atoms with Crippen LogP contribution in [0.4, 0.5) is 17.1 Å². The highest BCUT2D eigenvalue weighted by Crippen LogP contribution is 2.47. The molecule has 1 aromatic heterocycles. The van der Waals surface area contributed by atoms with E-state index >= 15 is 0 Å². The number of nitrogens with zero attached hydrogens (tertiary/aromatic N) is 1. The maximum Gasteiger partial charge on any atom is 0.136 e. The van der Waals surface area contributed by atoms with Gasteiger partial charge < -0.3 is 9.32 Å². The fourth-order valence-electron chi connectivity index (χ4n) is 8.71. The quantitative estimate of drug-likeness (QED) is 0.160. The van der Waals surface area contributed by atoms with Crippen molar-refractivity contribution in [1.82, 2.24) is 0 Å². The molecule has 262 valence electrons. The van der Waals surface area contributed by atoms with Gasteiger partial charge in [-0.15, -0.1) is 0 Å². The van der Waals surface area contributed by atoms with Gasteiger partial charge in [-0.3, -0.25) is 0 Å². The lowest BCUT2D eigenvalue weighted by molar-refractivity contribution is 0.669. The van der Waals surface area contributed by atoms with Crippen molar-refractivity contribution in [2.24, 2.45) is 0 Å². The minimum atomic E-state index is 0.912. The summed E-state index contributed by atoms with van der Waals surface area (Å²) in [6, 6.07) is 76.4. The molecule has 0 amide bonds. The van der Waals surface area contributed by atoms with Gasteiger partial charge in [0, 0.05) is 33.0 Å². The molecule has 1 heterocycles. The summed E-state index contributed by atoms with van der Waals surface area (Å²) in [7, 11) is 0. The Morgan fingerprint density at radius 2 is 0.786 bits per heavy atom. The topological polar surface area (TPSA) is 16.4 Å². The molecule has 0 aliphatic rings. The van der Waals surface area contributed by atoms with Gasteiger partial charge in [0.1, 0.15) is 11.2 Å². The van der Waals surface area contributed by atoms with Crippen molar-refractivity contribution in [3.8, 4) is 33.4 Å². The minimum absolute atomic E-state index is 0.912. The maximum atomic E-state index is 6.41. The molecule has 0 N–H and O–H groups in total.